The number of allylic oxidation sites excluding steroid dienone is 1. The van der Waals surface area contributed by atoms with Crippen molar-refractivity contribution in [1.82, 2.24) is 4.90 Å². The van der Waals surface area contributed by atoms with Crippen LogP contribution in [0, 0.1) is 34.5 Å². The van der Waals surface area contributed by atoms with Gasteiger partial charge in [-0.2, -0.15) is 0 Å². The number of ether oxygens (including phenoxy) is 1. The Bertz CT molecular complexity index is 612. The molecule has 29 heavy (non-hydrogen) atoms. The van der Waals surface area contributed by atoms with Crippen molar-refractivity contribution >= 4 is 0 Å². The lowest BCUT2D eigenvalue weighted by Gasteiger charge is -2.58. The third-order valence-electron chi connectivity index (χ3n) is 10.2. The zero-order chi connectivity index (χ0) is 20.8. The Morgan fingerprint density at radius 3 is 2.62 bits per heavy atom. The molecule has 0 heterocycles. The molecule has 5 unspecified atom stereocenters. The van der Waals surface area contributed by atoms with E-state index in [9.17, 15) is 0 Å². The molecule has 7 atom stereocenters. The van der Waals surface area contributed by atoms with Crippen molar-refractivity contribution in [3.8, 4) is 0 Å². The molecule has 0 N–H and O–H groups in total. The first kappa shape index (κ1) is 21.9. The Labute approximate surface area is 180 Å². The summed E-state index contributed by atoms with van der Waals surface area (Å²) in [6.07, 6.45) is 16.8. The highest BCUT2D eigenvalue weighted by Gasteiger charge is 2.59. The minimum Gasteiger partial charge on any atom is -0.381 e. The van der Waals surface area contributed by atoms with Crippen molar-refractivity contribution in [2.75, 3.05) is 20.7 Å². The Kier molecular flexibility index (Phi) is 6.26. The highest BCUT2D eigenvalue weighted by Crippen LogP contribution is 2.65. The van der Waals surface area contributed by atoms with E-state index in [2.05, 4.69) is 45.7 Å². The fraction of sp³-hybridized carbons (Fsp3) is 0.926. The molecule has 0 aromatic carbocycles. The molecule has 0 amide bonds. The van der Waals surface area contributed by atoms with Crippen LogP contribution >= 0.6 is 0 Å². The molecule has 0 bridgehead atoms. The van der Waals surface area contributed by atoms with Gasteiger partial charge in [0.2, 0.25) is 0 Å². The first-order valence-electron chi connectivity index (χ1n) is 12.7. The summed E-state index contributed by atoms with van der Waals surface area (Å²) in [6, 6.07) is 0.808. The van der Waals surface area contributed by atoms with E-state index >= 15 is 0 Å². The summed E-state index contributed by atoms with van der Waals surface area (Å²) in [5.74, 6) is 3.62. The molecule has 0 aromatic heterocycles. The maximum atomic E-state index is 5.75. The van der Waals surface area contributed by atoms with E-state index in [0.29, 0.717) is 16.9 Å². The lowest BCUT2D eigenvalue weighted by molar-refractivity contribution is -0.0593. The third kappa shape index (κ3) is 3.75. The standard InChI is InChI=1S/C27H47NO/c1-19(2)8-7-17-28(5)25-12-11-23-22-10-9-20-18-21(29-6)13-15-26(20,3)24(22)14-16-27(23,25)4/h9,19,21-25H,7-8,10-18H2,1-6H3/t21-,22?,23?,24?,25-,26?,27?/m0/s1. The first-order valence-corrected chi connectivity index (χ1v) is 12.7. The first-order chi connectivity index (χ1) is 13.8. The van der Waals surface area contributed by atoms with Crippen molar-refractivity contribution < 1.29 is 4.74 Å². The van der Waals surface area contributed by atoms with Crippen LogP contribution in [0.4, 0.5) is 0 Å². The highest BCUT2D eigenvalue weighted by molar-refractivity contribution is 5.25. The van der Waals surface area contributed by atoms with E-state index in [-0.39, 0.29) is 0 Å². The molecule has 3 saturated carbocycles. The van der Waals surface area contributed by atoms with Gasteiger partial charge in [-0.3, -0.25) is 0 Å². The summed E-state index contributed by atoms with van der Waals surface area (Å²) >= 11 is 0. The molecule has 4 aliphatic carbocycles. The van der Waals surface area contributed by atoms with Gasteiger partial charge in [0.05, 0.1) is 6.10 Å². The van der Waals surface area contributed by atoms with Crippen LogP contribution in [0.5, 0.6) is 0 Å². The molecule has 0 aromatic rings. The number of fused-ring (bicyclic) bond motifs is 5. The molecule has 4 rings (SSSR count). The summed E-state index contributed by atoms with van der Waals surface area (Å²) in [7, 11) is 4.33. The van der Waals surface area contributed by atoms with Crippen molar-refractivity contribution in [3.05, 3.63) is 11.6 Å². The molecular weight excluding hydrogens is 354 g/mol. The van der Waals surface area contributed by atoms with E-state index in [0.717, 1.165) is 29.7 Å². The maximum Gasteiger partial charge on any atom is 0.0608 e. The third-order valence-corrected chi connectivity index (χ3v) is 10.2. The van der Waals surface area contributed by atoms with Crippen LogP contribution < -0.4 is 0 Å². The Hall–Kier alpha value is -0.340. The van der Waals surface area contributed by atoms with E-state index in [1.807, 2.05) is 7.11 Å². The predicted octanol–water partition coefficient (Wildman–Crippen LogP) is 6.70. The van der Waals surface area contributed by atoms with Gasteiger partial charge in [-0.05, 0) is 112 Å². The summed E-state index contributed by atoms with van der Waals surface area (Å²) in [4.78, 5) is 2.76. The van der Waals surface area contributed by atoms with Gasteiger partial charge in [0.1, 0.15) is 0 Å². The smallest absolute Gasteiger partial charge is 0.0608 e. The quantitative estimate of drug-likeness (QED) is 0.459. The van der Waals surface area contributed by atoms with Crippen LogP contribution in [-0.2, 0) is 4.74 Å². The average Bonchev–Trinajstić information content (AvgIpc) is 3.04. The zero-order valence-corrected chi connectivity index (χ0v) is 20.2. The number of methoxy groups -OCH3 is 1. The van der Waals surface area contributed by atoms with E-state index in [4.69, 9.17) is 4.74 Å². The summed E-state index contributed by atoms with van der Waals surface area (Å²) in [5, 5.41) is 0. The molecular formula is C27H47NO. The number of rotatable bonds is 6. The lowest BCUT2D eigenvalue weighted by atomic mass is 9.47. The largest absolute Gasteiger partial charge is 0.381 e. The van der Waals surface area contributed by atoms with Gasteiger partial charge in [-0.15, -0.1) is 0 Å². The normalized spacial score (nSPS) is 44.4. The van der Waals surface area contributed by atoms with Crippen molar-refractivity contribution in [1.29, 1.82) is 0 Å². The fourth-order valence-electron chi connectivity index (χ4n) is 8.43. The molecule has 0 saturated heterocycles. The Morgan fingerprint density at radius 2 is 1.90 bits per heavy atom. The van der Waals surface area contributed by atoms with E-state index < -0.39 is 0 Å². The summed E-state index contributed by atoms with van der Waals surface area (Å²) < 4.78 is 5.75. The monoisotopic (exact) mass is 401 g/mol. The number of nitrogens with zero attached hydrogens (tertiary/aromatic N) is 1. The molecule has 2 heteroatoms. The minimum absolute atomic E-state index is 0.459. The van der Waals surface area contributed by atoms with Crippen LogP contribution in [0.3, 0.4) is 0 Å². The fourth-order valence-corrected chi connectivity index (χ4v) is 8.43. The zero-order valence-electron chi connectivity index (χ0n) is 20.2. The summed E-state index contributed by atoms with van der Waals surface area (Å²) in [6.45, 7) is 11.3. The van der Waals surface area contributed by atoms with Gasteiger partial charge < -0.3 is 9.64 Å². The topological polar surface area (TPSA) is 12.5 Å². The van der Waals surface area contributed by atoms with Gasteiger partial charge in [0.15, 0.2) is 0 Å². The summed E-state index contributed by atoms with van der Waals surface area (Å²) in [5.41, 5.74) is 2.75. The second-order valence-corrected chi connectivity index (χ2v) is 12.0. The van der Waals surface area contributed by atoms with Crippen LogP contribution in [0.2, 0.25) is 0 Å². The van der Waals surface area contributed by atoms with Gasteiger partial charge in [-0.1, -0.05) is 39.3 Å². The molecule has 2 nitrogen and oxygen atoms in total. The van der Waals surface area contributed by atoms with Crippen LogP contribution in [0.25, 0.3) is 0 Å². The number of hydrogen-bond donors (Lipinski definition) is 0. The second kappa shape index (κ2) is 8.30. The Balaban J connectivity index is 1.48. The average molecular weight is 402 g/mol. The molecule has 0 aliphatic heterocycles. The highest BCUT2D eigenvalue weighted by atomic mass is 16.5. The second-order valence-electron chi connectivity index (χ2n) is 12.0. The lowest BCUT2D eigenvalue weighted by Crippen LogP contribution is -2.53. The predicted molar refractivity (Wildman–Crippen MR) is 123 cm³/mol. The van der Waals surface area contributed by atoms with Gasteiger partial charge in [0.25, 0.3) is 0 Å². The molecule has 0 radical (unpaired) electrons. The molecule has 166 valence electrons. The minimum atomic E-state index is 0.459. The molecule has 0 spiro atoms. The van der Waals surface area contributed by atoms with E-state index in [1.54, 1.807) is 5.57 Å². The van der Waals surface area contributed by atoms with Crippen LogP contribution in [0.1, 0.15) is 91.9 Å². The number of hydrogen-bond acceptors (Lipinski definition) is 2. The SMILES string of the molecule is CO[C@H]1CCC2(C)C(=CCC3C2CCC2(C)C3CC[C@@H]2N(C)CCCC(C)C)C1. The van der Waals surface area contributed by atoms with E-state index in [1.165, 1.54) is 70.8 Å². The van der Waals surface area contributed by atoms with Crippen molar-refractivity contribution in [2.24, 2.45) is 34.5 Å². The molecule has 4 aliphatic rings. The van der Waals surface area contributed by atoms with Gasteiger partial charge in [0, 0.05) is 13.2 Å². The molecule has 3 fully saturated rings. The van der Waals surface area contributed by atoms with Crippen LogP contribution in [-0.4, -0.2) is 37.7 Å². The van der Waals surface area contributed by atoms with Crippen LogP contribution in [0.15, 0.2) is 11.6 Å². The van der Waals surface area contributed by atoms with Gasteiger partial charge in [-0.25, -0.2) is 0 Å². The van der Waals surface area contributed by atoms with Gasteiger partial charge >= 0.3 is 0 Å². The maximum absolute atomic E-state index is 5.75. The van der Waals surface area contributed by atoms with Crippen molar-refractivity contribution in [3.63, 3.8) is 0 Å². The van der Waals surface area contributed by atoms with Crippen molar-refractivity contribution in [2.45, 2.75) is 104 Å². The Morgan fingerprint density at radius 1 is 1.10 bits per heavy atom.